The highest BCUT2D eigenvalue weighted by molar-refractivity contribution is 7.16. The average molecular weight is 492 g/mol. The van der Waals surface area contributed by atoms with E-state index in [1.807, 2.05) is 53.9 Å². The van der Waals surface area contributed by atoms with Crippen LogP contribution in [0.4, 0.5) is 5.00 Å². The van der Waals surface area contributed by atoms with E-state index < -0.39 is 0 Å². The summed E-state index contributed by atoms with van der Waals surface area (Å²) in [6.45, 7) is 3.02. The Kier molecular flexibility index (Phi) is 7.51. The predicted octanol–water partition coefficient (Wildman–Crippen LogP) is 4.01. The molecule has 0 spiro atoms. The maximum absolute atomic E-state index is 12.8. The molecule has 1 atom stereocenters. The zero-order valence-electron chi connectivity index (χ0n) is 20.2. The van der Waals surface area contributed by atoms with E-state index in [1.165, 1.54) is 11.3 Å². The summed E-state index contributed by atoms with van der Waals surface area (Å²) < 4.78 is 7.20. The molecule has 4 rings (SSSR count). The quantitative estimate of drug-likeness (QED) is 0.513. The van der Waals surface area contributed by atoms with Crippen molar-refractivity contribution in [3.05, 3.63) is 64.1 Å². The van der Waals surface area contributed by atoms with Crippen molar-refractivity contribution in [2.24, 2.45) is 7.05 Å². The fourth-order valence-electron chi connectivity index (χ4n) is 4.36. The fourth-order valence-corrected chi connectivity index (χ4v) is 5.59. The number of aromatic nitrogens is 2. The zero-order valence-corrected chi connectivity index (χ0v) is 21.0. The zero-order chi connectivity index (χ0) is 24.9. The van der Waals surface area contributed by atoms with Gasteiger partial charge in [0.05, 0.1) is 19.2 Å². The molecule has 1 N–H and O–H groups in total. The Labute approximate surface area is 209 Å². The highest BCUT2D eigenvalue weighted by Crippen LogP contribution is 2.37. The Morgan fingerprint density at radius 3 is 2.91 bits per heavy atom. The van der Waals surface area contributed by atoms with Crippen LogP contribution >= 0.6 is 11.3 Å². The Balaban J connectivity index is 1.39. The Bertz CT molecular complexity index is 1270. The SMILES string of the molecule is COc1cccc(C(C)CC(=O)Nc2sc3c(c2C#N)CCN(C(=O)CCc2nccn2C)C3)c1. The molecule has 35 heavy (non-hydrogen) atoms. The number of carbonyl (C=O) groups excluding carboxylic acids is 2. The van der Waals surface area contributed by atoms with Gasteiger partial charge in [-0.05, 0) is 35.6 Å². The molecule has 1 aliphatic heterocycles. The van der Waals surface area contributed by atoms with Gasteiger partial charge in [-0.3, -0.25) is 9.59 Å². The highest BCUT2D eigenvalue weighted by atomic mass is 32.1. The molecule has 0 aliphatic carbocycles. The van der Waals surface area contributed by atoms with E-state index >= 15 is 0 Å². The molecule has 182 valence electrons. The van der Waals surface area contributed by atoms with Crippen molar-refractivity contribution < 1.29 is 14.3 Å². The van der Waals surface area contributed by atoms with Crippen LogP contribution in [0.15, 0.2) is 36.7 Å². The number of methoxy groups -OCH3 is 1. The summed E-state index contributed by atoms with van der Waals surface area (Å²) in [6.07, 6.45) is 5.48. The Morgan fingerprint density at radius 1 is 1.37 bits per heavy atom. The normalized spacial score (nSPS) is 13.6. The third kappa shape index (κ3) is 5.54. The topological polar surface area (TPSA) is 100 Å². The molecule has 1 aliphatic rings. The summed E-state index contributed by atoms with van der Waals surface area (Å²) in [5, 5.41) is 13.3. The molecular weight excluding hydrogens is 462 g/mol. The minimum Gasteiger partial charge on any atom is -0.497 e. The van der Waals surface area contributed by atoms with Gasteiger partial charge < -0.3 is 19.5 Å². The molecule has 3 heterocycles. The maximum Gasteiger partial charge on any atom is 0.225 e. The van der Waals surface area contributed by atoms with Crippen molar-refractivity contribution in [3.8, 4) is 11.8 Å². The number of rotatable bonds is 8. The first-order valence-electron chi connectivity index (χ1n) is 11.6. The number of ether oxygens (including phenoxy) is 1. The molecule has 1 unspecified atom stereocenters. The van der Waals surface area contributed by atoms with E-state index in [4.69, 9.17) is 4.74 Å². The van der Waals surface area contributed by atoms with Crippen molar-refractivity contribution in [2.45, 2.75) is 45.1 Å². The molecule has 2 aromatic heterocycles. The molecule has 0 fully saturated rings. The second-order valence-corrected chi connectivity index (χ2v) is 9.87. The van der Waals surface area contributed by atoms with Crippen LogP contribution in [-0.2, 0) is 36.0 Å². The number of fused-ring (bicyclic) bond motifs is 1. The summed E-state index contributed by atoms with van der Waals surface area (Å²) in [6, 6.07) is 9.96. The lowest BCUT2D eigenvalue weighted by atomic mass is 9.97. The number of carbonyl (C=O) groups is 2. The van der Waals surface area contributed by atoms with Crippen LogP contribution in [0.1, 0.15) is 53.1 Å². The molecule has 0 bridgehead atoms. The first-order valence-corrected chi connectivity index (χ1v) is 12.4. The number of imidazole rings is 1. The number of nitrogens with zero attached hydrogens (tertiary/aromatic N) is 4. The van der Waals surface area contributed by atoms with Crippen LogP contribution in [0.5, 0.6) is 5.75 Å². The van der Waals surface area contributed by atoms with Crippen molar-refractivity contribution in [2.75, 3.05) is 19.0 Å². The van der Waals surface area contributed by atoms with E-state index in [9.17, 15) is 14.9 Å². The second-order valence-electron chi connectivity index (χ2n) is 8.77. The summed E-state index contributed by atoms with van der Waals surface area (Å²) in [7, 11) is 3.54. The number of benzene rings is 1. The molecule has 1 aromatic carbocycles. The average Bonchev–Trinajstić information content (AvgIpc) is 3.43. The van der Waals surface area contributed by atoms with E-state index in [1.54, 1.807) is 13.3 Å². The summed E-state index contributed by atoms with van der Waals surface area (Å²) in [5.41, 5.74) is 2.49. The van der Waals surface area contributed by atoms with Gasteiger partial charge in [0.1, 0.15) is 22.6 Å². The van der Waals surface area contributed by atoms with Crippen LogP contribution < -0.4 is 10.1 Å². The number of hydrogen-bond donors (Lipinski definition) is 1. The summed E-state index contributed by atoms with van der Waals surface area (Å²) in [5.74, 6) is 1.57. The first kappa shape index (κ1) is 24.5. The van der Waals surface area contributed by atoms with E-state index in [0.717, 1.165) is 27.6 Å². The lowest BCUT2D eigenvalue weighted by Crippen LogP contribution is -2.35. The Hall–Kier alpha value is -3.64. The van der Waals surface area contributed by atoms with Gasteiger partial charge in [-0.2, -0.15) is 5.26 Å². The van der Waals surface area contributed by atoms with Crippen molar-refractivity contribution in [1.29, 1.82) is 5.26 Å². The first-order chi connectivity index (χ1) is 16.9. The van der Waals surface area contributed by atoms with E-state index in [-0.39, 0.29) is 17.7 Å². The van der Waals surface area contributed by atoms with Gasteiger partial charge >= 0.3 is 0 Å². The smallest absolute Gasteiger partial charge is 0.225 e. The molecular formula is C26H29N5O3S. The van der Waals surface area contributed by atoms with Crippen molar-refractivity contribution in [3.63, 3.8) is 0 Å². The van der Waals surface area contributed by atoms with Gasteiger partial charge in [0, 0.05) is 50.1 Å². The number of nitriles is 1. The third-order valence-corrected chi connectivity index (χ3v) is 7.54. The summed E-state index contributed by atoms with van der Waals surface area (Å²) in [4.78, 5) is 32.7. The molecule has 0 saturated carbocycles. The number of aryl methyl sites for hydroxylation is 2. The van der Waals surface area contributed by atoms with Crippen LogP contribution in [-0.4, -0.2) is 39.9 Å². The third-order valence-electron chi connectivity index (χ3n) is 6.41. The fraction of sp³-hybridized carbons (Fsp3) is 0.385. The molecule has 0 radical (unpaired) electrons. The van der Waals surface area contributed by atoms with Gasteiger partial charge in [-0.25, -0.2) is 4.98 Å². The van der Waals surface area contributed by atoms with Gasteiger partial charge in [-0.1, -0.05) is 19.1 Å². The number of amides is 2. The van der Waals surface area contributed by atoms with Crippen molar-refractivity contribution >= 4 is 28.2 Å². The largest absolute Gasteiger partial charge is 0.497 e. The minimum atomic E-state index is -0.140. The number of nitrogens with one attached hydrogen (secondary N) is 1. The molecule has 9 heteroatoms. The van der Waals surface area contributed by atoms with Gasteiger partial charge in [0.25, 0.3) is 0 Å². The number of thiophene rings is 1. The molecule has 3 aromatic rings. The second kappa shape index (κ2) is 10.7. The monoisotopic (exact) mass is 491 g/mol. The Morgan fingerprint density at radius 2 is 2.20 bits per heavy atom. The van der Waals surface area contributed by atoms with Crippen LogP contribution in [0.2, 0.25) is 0 Å². The minimum absolute atomic E-state index is 0.00273. The maximum atomic E-state index is 12.8. The predicted molar refractivity (Wildman–Crippen MR) is 134 cm³/mol. The van der Waals surface area contributed by atoms with Gasteiger partial charge in [0.2, 0.25) is 11.8 Å². The van der Waals surface area contributed by atoms with Crippen LogP contribution in [0.3, 0.4) is 0 Å². The molecule has 8 nitrogen and oxygen atoms in total. The van der Waals surface area contributed by atoms with E-state index in [2.05, 4.69) is 16.4 Å². The van der Waals surface area contributed by atoms with Crippen molar-refractivity contribution in [1.82, 2.24) is 14.5 Å². The number of hydrogen-bond acceptors (Lipinski definition) is 6. The molecule has 2 amide bonds. The van der Waals surface area contributed by atoms with E-state index in [0.29, 0.717) is 49.3 Å². The lowest BCUT2D eigenvalue weighted by Gasteiger charge is -2.27. The van der Waals surface area contributed by atoms with Crippen LogP contribution in [0.25, 0.3) is 0 Å². The summed E-state index contributed by atoms with van der Waals surface area (Å²) >= 11 is 1.40. The standard InChI is InChI=1S/C26H29N5O3S/c1-17(18-5-4-6-19(14-18)34-3)13-24(32)29-26-21(15-27)20-9-11-31(16-22(20)35-26)25(33)8-7-23-28-10-12-30(23)2/h4-6,10,12,14,17H,7-9,11,13,16H2,1-3H3,(H,29,32). The molecule has 0 saturated heterocycles. The van der Waals surface area contributed by atoms with Gasteiger partial charge in [0.15, 0.2) is 0 Å². The highest BCUT2D eigenvalue weighted by Gasteiger charge is 2.27. The van der Waals surface area contributed by atoms with Gasteiger partial charge in [-0.15, -0.1) is 11.3 Å². The number of anilines is 1. The lowest BCUT2D eigenvalue weighted by molar-refractivity contribution is -0.132. The van der Waals surface area contributed by atoms with Crippen LogP contribution in [0, 0.1) is 11.3 Å².